The summed E-state index contributed by atoms with van der Waals surface area (Å²) in [5, 5.41) is 9.57. The van der Waals surface area contributed by atoms with Gasteiger partial charge in [0.1, 0.15) is 22.0 Å². The van der Waals surface area contributed by atoms with E-state index in [1.54, 1.807) is 22.3 Å². The smallest absolute Gasteiger partial charge is 0.235 e. The summed E-state index contributed by atoms with van der Waals surface area (Å²) in [5.41, 5.74) is 3.16. The molecule has 1 amide bonds. The van der Waals surface area contributed by atoms with Crippen LogP contribution in [0.3, 0.4) is 0 Å². The van der Waals surface area contributed by atoms with Crippen LogP contribution in [0.1, 0.15) is 29.0 Å². The van der Waals surface area contributed by atoms with Crippen LogP contribution in [0.2, 0.25) is 0 Å². The van der Waals surface area contributed by atoms with Crippen molar-refractivity contribution >= 4 is 45.0 Å². The minimum absolute atomic E-state index is 0.0760. The second-order valence-electron chi connectivity index (χ2n) is 7.33. The van der Waals surface area contributed by atoms with Crippen molar-refractivity contribution < 1.29 is 4.79 Å². The Balaban J connectivity index is 1.34. The molecule has 5 rings (SSSR count). The van der Waals surface area contributed by atoms with Crippen molar-refractivity contribution in [3.05, 3.63) is 58.9 Å². The standard InChI is InChI=1S/C22H21N5OS2/c1-14-11-18(27(26-14)15-7-3-2-4-8-15)25-19(28)12-29-21-20-16-9-5-6-10-17(16)30-22(20)24-13-23-21/h2-4,7-8,11,13H,5-6,9-10,12H2,1H3,(H,25,28). The fourth-order valence-corrected chi connectivity index (χ4v) is 5.96. The van der Waals surface area contributed by atoms with Gasteiger partial charge in [-0.1, -0.05) is 30.0 Å². The van der Waals surface area contributed by atoms with E-state index >= 15 is 0 Å². The number of carbonyl (C=O) groups excluding carboxylic acids is 1. The molecule has 30 heavy (non-hydrogen) atoms. The molecular weight excluding hydrogens is 414 g/mol. The third kappa shape index (κ3) is 3.73. The van der Waals surface area contributed by atoms with Gasteiger partial charge in [-0.2, -0.15) is 5.10 Å². The number of rotatable bonds is 5. The number of hydrogen-bond donors (Lipinski definition) is 1. The van der Waals surface area contributed by atoms with E-state index in [0.717, 1.165) is 39.5 Å². The molecule has 0 bridgehead atoms. The lowest BCUT2D eigenvalue weighted by molar-refractivity contribution is -0.113. The number of aromatic nitrogens is 4. The van der Waals surface area contributed by atoms with Crippen molar-refractivity contribution in [2.24, 2.45) is 0 Å². The van der Waals surface area contributed by atoms with Crippen molar-refractivity contribution in [1.29, 1.82) is 0 Å². The second kappa shape index (κ2) is 8.20. The number of fused-ring (bicyclic) bond motifs is 3. The van der Waals surface area contributed by atoms with Crippen molar-refractivity contribution in [1.82, 2.24) is 19.7 Å². The lowest BCUT2D eigenvalue weighted by Crippen LogP contribution is -2.17. The van der Waals surface area contributed by atoms with Crippen LogP contribution in [-0.4, -0.2) is 31.4 Å². The molecule has 0 fully saturated rings. The van der Waals surface area contributed by atoms with E-state index in [-0.39, 0.29) is 11.7 Å². The maximum atomic E-state index is 12.7. The number of hydrogen-bond acceptors (Lipinski definition) is 6. The van der Waals surface area contributed by atoms with Crippen LogP contribution in [0, 0.1) is 6.92 Å². The first kappa shape index (κ1) is 19.3. The van der Waals surface area contributed by atoms with Crippen LogP contribution >= 0.6 is 23.1 Å². The molecule has 0 aliphatic heterocycles. The molecule has 0 saturated carbocycles. The molecule has 4 aromatic rings. The molecule has 152 valence electrons. The summed E-state index contributed by atoms with van der Waals surface area (Å²) in [6.07, 6.45) is 6.27. The summed E-state index contributed by atoms with van der Waals surface area (Å²) in [4.78, 5) is 24.2. The van der Waals surface area contributed by atoms with Gasteiger partial charge in [0.2, 0.25) is 5.91 Å². The fourth-order valence-electron chi connectivity index (χ4n) is 3.84. The number of benzene rings is 1. The van der Waals surface area contributed by atoms with Gasteiger partial charge in [-0.15, -0.1) is 11.3 Å². The van der Waals surface area contributed by atoms with Gasteiger partial charge in [-0.25, -0.2) is 14.6 Å². The highest BCUT2D eigenvalue weighted by Crippen LogP contribution is 2.39. The molecule has 1 aromatic carbocycles. The largest absolute Gasteiger partial charge is 0.310 e. The Hall–Kier alpha value is -2.71. The molecule has 1 aliphatic rings. The van der Waals surface area contributed by atoms with Gasteiger partial charge in [0, 0.05) is 16.3 Å². The minimum Gasteiger partial charge on any atom is -0.310 e. The summed E-state index contributed by atoms with van der Waals surface area (Å²) in [6.45, 7) is 1.92. The Morgan fingerprint density at radius 1 is 1.20 bits per heavy atom. The quantitative estimate of drug-likeness (QED) is 0.360. The van der Waals surface area contributed by atoms with Crippen molar-refractivity contribution in [2.45, 2.75) is 37.6 Å². The molecule has 0 saturated heterocycles. The van der Waals surface area contributed by atoms with Crippen LogP contribution in [0.15, 0.2) is 47.8 Å². The van der Waals surface area contributed by atoms with Crippen molar-refractivity contribution in [3.8, 4) is 5.69 Å². The second-order valence-corrected chi connectivity index (χ2v) is 9.37. The molecule has 1 aliphatic carbocycles. The highest BCUT2D eigenvalue weighted by atomic mass is 32.2. The van der Waals surface area contributed by atoms with Gasteiger partial charge in [0.05, 0.1) is 17.1 Å². The Bertz CT molecular complexity index is 1220. The molecule has 0 radical (unpaired) electrons. The molecule has 3 heterocycles. The minimum atomic E-state index is -0.0760. The molecule has 0 spiro atoms. The lowest BCUT2D eigenvalue weighted by atomic mass is 9.97. The number of aryl methyl sites for hydroxylation is 3. The molecule has 0 atom stereocenters. The van der Waals surface area contributed by atoms with Crippen LogP contribution < -0.4 is 5.32 Å². The van der Waals surface area contributed by atoms with Crippen LogP contribution in [0.5, 0.6) is 0 Å². The molecule has 0 unspecified atom stereocenters. The molecule has 1 N–H and O–H groups in total. The van der Waals surface area contributed by atoms with Gasteiger partial charge in [0.25, 0.3) is 0 Å². The van der Waals surface area contributed by atoms with Crippen molar-refractivity contribution in [3.63, 3.8) is 0 Å². The summed E-state index contributed by atoms with van der Waals surface area (Å²) in [6, 6.07) is 11.7. The van der Waals surface area contributed by atoms with E-state index in [1.807, 2.05) is 43.3 Å². The maximum Gasteiger partial charge on any atom is 0.235 e. The fraction of sp³-hybridized carbons (Fsp3) is 0.273. The Labute approximate surface area is 182 Å². The molecular formula is C22H21N5OS2. The lowest BCUT2D eigenvalue weighted by Gasteiger charge is -2.11. The Morgan fingerprint density at radius 3 is 2.90 bits per heavy atom. The zero-order valence-electron chi connectivity index (χ0n) is 16.6. The predicted molar refractivity (Wildman–Crippen MR) is 122 cm³/mol. The van der Waals surface area contributed by atoms with Gasteiger partial charge >= 0.3 is 0 Å². The zero-order chi connectivity index (χ0) is 20.5. The average Bonchev–Trinajstić information content (AvgIpc) is 3.33. The highest BCUT2D eigenvalue weighted by molar-refractivity contribution is 8.00. The van der Waals surface area contributed by atoms with E-state index in [4.69, 9.17) is 0 Å². The number of thioether (sulfide) groups is 1. The third-order valence-corrected chi connectivity index (χ3v) is 7.35. The average molecular weight is 436 g/mol. The first-order valence-electron chi connectivity index (χ1n) is 9.99. The highest BCUT2D eigenvalue weighted by Gasteiger charge is 2.20. The van der Waals surface area contributed by atoms with Crippen LogP contribution in [0.4, 0.5) is 5.82 Å². The Morgan fingerprint density at radius 2 is 2.03 bits per heavy atom. The Kier molecular flexibility index (Phi) is 5.26. The van der Waals surface area contributed by atoms with E-state index in [9.17, 15) is 4.79 Å². The first-order chi connectivity index (χ1) is 14.7. The van der Waals surface area contributed by atoms with E-state index < -0.39 is 0 Å². The van der Waals surface area contributed by atoms with E-state index in [2.05, 4.69) is 20.4 Å². The first-order valence-corrected chi connectivity index (χ1v) is 11.8. The third-order valence-electron chi connectivity index (χ3n) is 5.16. The number of carbonyl (C=O) groups is 1. The molecule has 6 nitrogen and oxygen atoms in total. The van der Waals surface area contributed by atoms with E-state index in [1.165, 1.54) is 35.0 Å². The summed E-state index contributed by atoms with van der Waals surface area (Å²) >= 11 is 3.25. The zero-order valence-corrected chi connectivity index (χ0v) is 18.2. The number of amides is 1. The topological polar surface area (TPSA) is 72.7 Å². The van der Waals surface area contributed by atoms with E-state index in [0.29, 0.717) is 5.82 Å². The van der Waals surface area contributed by atoms with Gasteiger partial charge in [0.15, 0.2) is 0 Å². The number of para-hydroxylation sites is 1. The van der Waals surface area contributed by atoms with Gasteiger partial charge in [-0.3, -0.25) is 4.79 Å². The van der Waals surface area contributed by atoms with Crippen LogP contribution in [0.25, 0.3) is 15.9 Å². The predicted octanol–water partition coefficient (Wildman–Crippen LogP) is 4.80. The number of nitrogens with zero attached hydrogens (tertiary/aromatic N) is 4. The summed E-state index contributed by atoms with van der Waals surface area (Å²) in [5.74, 6) is 0.883. The SMILES string of the molecule is Cc1cc(NC(=O)CSc2ncnc3sc4c(c23)CCCC4)n(-c2ccccc2)n1. The summed E-state index contributed by atoms with van der Waals surface area (Å²) in [7, 11) is 0. The maximum absolute atomic E-state index is 12.7. The van der Waals surface area contributed by atoms with Crippen LogP contribution in [-0.2, 0) is 17.6 Å². The molecule has 8 heteroatoms. The molecule has 3 aromatic heterocycles. The van der Waals surface area contributed by atoms with Gasteiger partial charge < -0.3 is 5.32 Å². The number of nitrogens with one attached hydrogen (secondary N) is 1. The number of thiophene rings is 1. The monoisotopic (exact) mass is 435 g/mol. The van der Waals surface area contributed by atoms with Crippen molar-refractivity contribution in [2.75, 3.05) is 11.1 Å². The normalized spacial score (nSPS) is 13.4. The van der Waals surface area contributed by atoms with Gasteiger partial charge in [-0.05, 0) is 50.3 Å². The summed E-state index contributed by atoms with van der Waals surface area (Å²) < 4.78 is 1.76. The number of anilines is 1.